The number of aliphatic hydroxyl groups is 1. The lowest BCUT2D eigenvalue weighted by molar-refractivity contribution is -0.137. The number of nitrogens with one attached hydrogen (secondary N) is 1. The third-order valence-corrected chi connectivity index (χ3v) is 9.01. The number of anilines is 1. The molecule has 0 saturated carbocycles. The van der Waals surface area contributed by atoms with E-state index in [9.17, 15) is 27.9 Å². The zero-order valence-corrected chi connectivity index (χ0v) is 28.5. The number of aliphatic hydroxyl groups excluding tert-OH is 1. The van der Waals surface area contributed by atoms with Gasteiger partial charge >= 0.3 is 6.18 Å². The second-order valence-corrected chi connectivity index (χ2v) is 13.1. The highest BCUT2D eigenvalue weighted by Crippen LogP contribution is 2.37. The van der Waals surface area contributed by atoms with E-state index in [2.05, 4.69) is 5.32 Å². The van der Waals surface area contributed by atoms with E-state index >= 15 is 8.78 Å². The maximum Gasteiger partial charge on any atom is 0.416 e. The maximum absolute atomic E-state index is 15.1. The number of hydrogen-bond acceptors (Lipinski definition) is 5. The second-order valence-electron chi connectivity index (χ2n) is 13.1. The molecule has 7 nitrogen and oxygen atoms in total. The van der Waals surface area contributed by atoms with Gasteiger partial charge in [-0.25, -0.2) is 0 Å². The zero-order valence-electron chi connectivity index (χ0n) is 28.5. The summed E-state index contributed by atoms with van der Waals surface area (Å²) in [7, 11) is 1.86. The number of carbonyl (C=O) groups is 2. The summed E-state index contributed by atoms with van der Waals surface area (Å²) in [6.07, 6.45) is -5.24. The third kappa shape index (κ3) is 8.92. The number of hydrogen-bond donors (Lipinski definition) is 2. The Morgan fingerprint density at radius 1 is 0.902 bits per heavy atom. The monoisotopic (exact) mass is 709 g/mol. The number of amides is 2. The van der Waals surface area contributed by atoms with E-state index < -0.39 is 41.6 Å². The fraction of sp³-hybridized carbons (Fsp3) is 0.333. The van der Waals surface area contributed by atoms with E-state index in [-0.39, 0.29) is 53.6 Å². The number of likely N-dealkylation sites (N-methyl/N-ethyl adjacent to an activating group) is 1. The van der Waals surface area contributed by atoms with Crippen LogP contribution in [0, 0.1) is 5.92 Å². The molecule has 0 saturated heterocycles. The standard InChI is InChI=1S/C39H40F5N3O4/c1-25-21-47(26(2)24-48)37(50)32-10-7-11-33(45-35(49)20-27-12-18-31(19-13-27)39(42,43)44)36(32)51-34(25)23-46(3)22-28-14-16-30(17-15-28)38(40,41)29-8-5-4-6-9-29/h4-19,25-26,34,48H,20-24H2,1-3H3,(H,45,49)/t25-,26+,34-/m1/s1. The first kappa shape index (κ1) is 37.4. The van der Waals surface area contributed by atoms with Crippen LogP contribution >= 0.6 is 0 Å². The highest BCUT2D eigenvalue weighted by Gasteiger charge is 2.36. The van der Waals surface area contributed by atoms with E-state index in [1.807, 2.05) is 18.9 Å². The lowest BCUT2D eigenvalue weighted by Gasteiger charge is -2.38. The van der Waals surface area contributed by atoms with Crippen LogP contribution < -0.4 is 10.1 Å². The van der Waals surface area contributed by atoms with E-state index in [1.54, 1.807) is 60.4 Å². The second kappa shape index (κ2) is 15.6. The summed E-state index contributed by atoms with van der Waals surface area (Å²) < 4.78 is 75.8. The summed E-state index contributed by atoms with van der Waals surface area (Å²) in [5, 5.41) is 12.8. The average molecular weight is 710 g/mol. The minimum atomic E-state index is -4.50. The Kier molecular flexibility index (Phi) is 11.5. The molecule has 0 radical (unpaired) electrons. The first-order valence-corrected chi connectivity index (χ1v) is 16.6. The first-order chi connectivity index (χ1) is 24.2. The third-order valence-electron chi connectivity index (χ3n) is 9.01. The van der Waals surface area contributed by atoms with Gasteiger partial charge in [0.2, 0.25) is 5.91 Å². The van der Waals surface area contributed by atoms with Gasteiger partial charge in [-0.3, -0.25) is 14.5 Å². The molecule has 0 spiro atoms. The van der Waals surface area contributed by atoms with Gasteiger partial charge in [0.15, 0.2) is 5.75 Å². The molecule has 1 aliphatic rings. The van der Waals surface area contributed by atoms with Crippen LogP contribution in [0.5, 0.6) is 5.75 Å². The molecule has 0 bridgehead atoms. The van der Waals surface area contributed by atoms with Gasteiger partial charge < -0.3 is 20.1 Å². The maximum atomic E-state index is 15.1. The van der Waals surface area contributed by atoms with E-state index in [0.29, 0.717) is 18.7 Å². The molecule has 0 fully saturated rings. The van der Waals surface area contributed by atoms with Crippen molar-refractivity contribution in [2.75, 3.05) is 32.1 Å². The lowest BCUT2D eigenvalue weighted by atomic mass is 9.98. The van der Waals surface area contributed by atoms with Crippen LogP contribution in [0.25, 0.3) is 0 Å². The zero-order chi connectivity index (χ0) is 36.9. The molecular weight excluding hydrogens is 669 g/mol. The predicted molar refractivity (Wildman–Crippen MR) is 184 cm³/mol. The van der Waals surface area contributed by atoms with E-state index in [4.69, 9.17) is 4.74 Å². The minimum Gasteiger partial charge on any atom is -0.486 e. The Labute approximate surface area is 293 Å². The number of benzene rings is 4. The Balaban J connectivity index is 1.35. The molecule has 4 aromatic carbocycles. The van der Waals surface area contributed by atoms with Crippen LogP contribution in [0.15, 0.2) is 97.1 Å². The minimum absolute atomic E-state index is 0.0937. The van der Waals surface area contributed by atoms with Gasteiger partial charge in [-0.05, 0) is 49.4 Å². The Bertz CT molecular complexity index is 1800. The van der Waals surface area contributed by atoms with Crippen LogP contribution in [0.1, 0.15) is 52.0 Å². The molecule has 2 amide bonds. The number of fused-ring (bicyclic) bond motifs is 1. The summed E-state index contributed by atoms with van der Waals surface area (Å²) in [5.41, 5.74) is 0.517. The number of carbonyl (C=O) groups excluding carboxylic acids is 2. The molecule has 5 rings (SSSR count). The number of ether oxygens (including phenoxy) is 1. The van der Waals surface area contributed by atoms with Crippen molar-refractivity contribution in [3.63, 3.8) is 0 Å². The quantitative estimate of drug-likeness (QED) is 0.159. The molecule has 51 heavy (non-hydrogen) atoms. The molecule has 0 aliphatic carbocycles. The van der Waals surface area contributed by atoms with Crippen LogP contribution in [-0.4, -0.2) is 65.6 Å². The predicted octanol–water partition coefficient (Wildman–Crippen LogP) is 7.38. The van der Waals surface area contributed by atoms with Crippen LogP contribution in [0.3, 0.4) is 0 Å². The Morgan fingerprint density at radius 2 is 1.51 bits per heavy atom. The van der Waals surface area contributed by atoms with Gasteiger partial charge in [0.05, 0.1) is 35.9 Å². The molecule has 2 N–H and O–H groups in total. The molecule has 12 heteroatoms. The molecule has 270 valence electrons. The van der Waals surface area contributed by atoms with Crippen molar-refractivity contribution < 1.29 is 41.4 Å². The van der Waals surface area contributed by atoms with Crippen LogP contribution in [0.2, 0.25) is 0 Å². The Morgan fingerprint density at radius 3 is 2.14 bits per heavy atom. The summed E-state index contributed by atoms with van der Waals surface area (Å²) in [4.78, 5) is 30.5. The number of rotatable bonds is 11. The number of para-hydroxylation sites is 1. The highest BCUT2D eigenvalue weighted by molar-refractivity contribution is 6.02. The number of nitrogens with zero attached hydrogens (tertiary/aromatic N) is 2. The highest BCUT2D eigenvalue weighted by atomic mass is 19.4. The topological polar surface area (TPSA) is 82.1 Å². The molecule has 1 heterocycles. The fourth-order valence-electron chi connectivity index (χ4n) is 6.07. The normalized spacial score (nSPS) is 17.3. The smallest absolute Gasteiger partial charge is 0.416 e. The van der Waals surface area contributed by atoms with Gasteiger partial charge in [-0.1, -0.05) is 79.7 Å². The summed E-state index contributed by atoms with van der Waals surface area (Å²) >= 11 is 0. The van der Waals surface area contributed by atoms with Crippen molar-refractivity contribution in [2.24, 2.45) is 5.92 Å². The van der Waals surface area contributed by atoms with Gasteiger partial charge in [0.1, 0.15) is 6.10 Å². The van der Waals surface area contributed by atoms with Crippen LogP contribution in [0.4, 0.5) is 27.6 Å². The van der Waals surface area contributed by atoms with Crippen molar-refractivity contribution in [3.05, 3.63) is 130 Å². The van der Waals surface area contributed by atoms with Gasteiger partial charge in [0.25, 0.3) is 11.8 Å². The molecular formula is C39H40F5N3O4. The summed E-state index contributed by atoms with van der Waals surface area (Å²) in [6.45, 7) is 4.40. The fourth-order valence-corrected chi connectivity index (χ4v) is 6.07. The van der Waals surface area contributed by atoms with Gasteiger partial charge in [-0.15, -0.1) is 0 Å². The SMILES string of the molecule is C[C@@H]1CN([C@@H](C)CO)C(=O)c2cccc(NC(=O)Cc3ccc(C(F)(F)F)cc3)c2O[C@@H]1CN(C)Cc1ccc(C(F)(F)c2ccccc2)cc1. The first-order valence-electron chi connectivity index (χ1n) is 16.6. The van der Waals surface area contributed by atoms with Crippen molar-refractivity contribution in [2.45, 2.75) is 51.1 Å². The lowest BCUT2D eigenvalue weighted by Crippen LogP contribution is -2.49. The van der Waals surface area contributed by atoms with Crippen molar-refractivity contribution >= 4 is 17.5 Å². The molecule has 0 unspecified atom stereocenters. The molecule has 0 aromatic heterocycles. The average Bonchev–Trinajstić information content (AvgIpc) is 3.10. The van der Waals surface area contributed by atoms with Crippen molar-refractivity contribution in [1.29, 1.82) is 0 Å². The van der Waals surface area contributed by atoms with Gasteiger partial charge in [0, 0.05) is 36.7 Å². The van der Waals surface area contributed by atoms with E-state index in [1.165, 1.54) is 36.4 Å². The van der Waals surface area contributed by atoms with Crippen molar-refractivity contribution in [1.82, 2.24) is 9.80 Å². The molecule has 1 aliphatic heterocycles. The largest absolute Gasteiger partial charge is 0.486 e. The summed E-state index contributed by atoms with van der Waals surface area (Å²) in [6, 6.07) is 22.3. The Hall–Kier alpha value is -4.81. The summed E-state index contributed by atoms with van der Waals surface area (Å²) in [5.74, 6) is -4.18. The molecule has 4 aromatic rings. The van der Waals surface area contributed by atoms with Crippen LogP contribution in [-0.2, 0) is 29.9 Å². The van der Waals surface area contributed by atoms with Crippen molar-refractivity contribution in [3.8, 4) is 5.75 Å². The molecule has 3 atom stereocenters. The number of alkyl halides is 5. The van der Waals surface area contributed by atoms with E-state index in [0.717, 1.165) is 17.7 Å². The number of halogens is 5. The van der Waals surface area contributed by atoms with Gasteiger partial charge in [-0.2, -0.15) is 22.0 Å².